The van der Waals surface area contributed by atoms with Crippen LogP contribution in [0.1, 0.15) is 30.9 Å². The van der Waals surface area contributed by atoms with Crippen molar-refractivity contribution in [1.29, 1.82) is 0 Å². The zero-order valence-corrected chi connectivity index (χ0v) is 12.2. The van der Waals surface area contributed by atoms with E-state index in [9.17, 15) is 8.42 Å². The molecule has 1 aromatic carbocycles. The molecule has 19 heavy (non-hydrogen) atoms. The molecular weight excluding hydrogens is 262 g/mol. The standard InChI is InChI=1S/C14H21NO3S/c1-3-14(8-10-16)15-19(17,18)11-9-13-6-4-12(2)5-7-13/h4-7,9,11,14-16H,3,8,10H2,1-2H3/b11-9+. The van der Waals surface area contributed by atoms with E-state index in [0.29, 0.717) is 12.8 Å². The number of sulfonamides is 1. The van der Waals surface area contributed by atoms with Gasteiger partial charge in [0.05, 0.1) is 0 Å². The van der Waals surface area contributed by atoms with E-state index in [4.69, 9.17) is 5.11 Å². The molecule has 0 heterocycles. The Morgan fingerprint density at radius 3 is 2.47 bits per heavy atom. The van der Waals surface area contributed by atoms with Gasteiger partial charge in [-0.15, -0.1) is 0 Å². The van der Waals surface area contributed by atoms with E-state index in [1.54, 1.807) is 6.08 Å². The van der Waals surface area contributed by atoms with Gasteiger partial charge < -0.3 is 5.11 Å². The van der Waals surface area contributed by atoms with Crippen LogP contribution < -0.4 is 4.72 Å². The molecule has 1 rings (SSSR count). The summed E-state index contributed by atoms with van der Waals surface area (Å²) in [6.45, 7) is 3.84. The van der Waals surface area contributed by atoms with Crippen molar-refractivity contribution in [3.8, 4) is 0 Å². The van der Waals surface area contributed by atoms with Crippen molar-refractivity contribution in [2.45, 2.75) is 32.7 Å². The molecule has 106 valence electrons. The smallest absolute Gasteiger partial charge is 0.233 e. The lowest BCUT2D eigenvalue weighted by Gasteiger charge is -2.13. The van der Waals surface area contributed by atoms with E-state index in [2.05, 4.69) is 4.72 Å². The fourth-order valence-electron chi connectivity index (χ4n) is 1.62. The Morgan fingerprint density at radius 1 is 1.32 bits per heavy atom. The van der Waals surface area contributed by atoms with E-state index >= 15 is 0 Å². The molecule has 1 atom stereocenters. The summed E-state index contributed by atoms with van der Waals surface area (Å²) >= 11 is 0. The largest absolute Gasteiger partial charge is 0.396 e. The maximum Gasteiger partial charge on any atom is 0.233 e. The van der Waals surface area contributed by atoms with Crippen LogP contribution in [0.15, 0.2) is 29.7 Å². The van der Waals surface area contributed by atoms with Crippen LogP contribution in [0.25, 0.3) is 6.08 Å². The van der Waals surface area contributed by atoms with Crippen LogP contribution in [-0.4, -0.2) is 26.2 Å². The molecule has 0 saturated heterocycles. The van der Waals surface area contributed by atoms with Gasteiger partial charge in [0.25, 0.3) is 0 Å². The van der Waals surface area contributed by atoms with Crippen LogP contribution in [0.5, 0.6) is 0 Å². The van der Waals surface area contributed by atoms with E-state index in [1.807, 2.05) is 38.1 Å². The Kier molecular flexibility index (Phi) is 6.21. The minimum absolute atomic E-state index is 0.0251. The third kappa shape index (κ3) is 6.00. The number of aliphatic hydroxyl groups excluding tert-OH is 1. The molecule has 0 aromatic heterocycles. The van der Waals surface area contributed by atoms with Gasteiger partial charge in [-0.05, 0) is 31.4 Å². The monoisotopic (exact) mass is 283 g/mol. The molecule has 1 unspecified atom stereocenters. The summed E-state index contributed by atoms with van der Waals surface area (Å²) in [6.07, 6.45) is 2.64. The van der Waals surface area contributed by atoms with Gasteiger partial charge in [0.2, 0.25) is 10.0 Å². The summed E-state index contributed by atoms with van der Waals surface area (Å²) in [5.41, 5.74) is 1.97. The highest BCUT2D eigenvalue weighted by Gasteiger charge is 2.12. The highest BCUT2D eigenvalue weighted by molar-refractivity contribution is 7.92. The van der Waals surface area contributed by atoms with Crippen molar-refractivity contribution in [3.63, 3.8) is 0 Å². The van der Waals surface area contributed by atoms with Crippen LogP contribution in [0, 0.1) is 6.92 Å². The van der Waals surface area contributed by atoms with E-state index in [0.717, 1.165) is 16.5 Å². The van der Waals surface area contributed by atoms with Crippen LogP contribution in [0.2, 0.25) is 0 Å². The number of aryl methyl sites for hydroxylation is 1. The molecule has 0 radical (unpaired) electrons. The minimum Gasteiger partial charge on any atom is -0.396 e. The number of hydrogen-bond acceptors (Lipinski definition) is 3. The molecule has 0 saturated carbocycles. The molecule has 0 aliphatic rings. The Labute approximate surface area is 115 Å². The molecule has 0 spiro atoms. The van der Waals surface area contributed by atoms with E-state index in [1.165, 1.54) is 0 Å². The zero-order valence-electron chi connectivity index (χ0n) is 11.3. The maximum absolute atomic E-state index is 11.8. The summed E-state index contributed by atoms with van der Waals surface area (Å²) in [4.78, 5) is 0. The Hall–Kier alpha value is -1.17. The number of benzene rings is 1. The van der Waals surface area contributed by atoms with Crippen LogP contribution in [0.3, 0.4) is 0 Å². The molecule has 0 fully saturated rings. The van der Waals surface area contributed by atoms with Crippen molar-refractivity contribution in [2.75, 3.05) is 6.61 Å². The van der Waals surface area contributed by atoms with Gasteiger partial charge in [-0.1, -0.05) is 36.8 Å². The highest BCUT2D eigenvalue weighted by Crippen LogP contribution is 2.07. The molecule has 0 amide bonds. The first-order valence-corrected chi connectivity index (χ1v) is 7.89. The van der Waals surface area contributed by atoms with Crippen molar-refractivity contribution >= 4 is 16.1 Å². The molecule has 2 N–H and O–H groups in total. The van der Waals surface area contributed by atoms with Crippen LogP contribution in [-0.2, 0) is 10.0 Å². The zero-order chi connectivity index (χ0) is 14.3. The fourth-order valence-corrected chi connectivity index (χ4v) is 2.78. The fraction of sp³-hybridized carbons (Fsp3) is 0.429. The lowest BCUT2D eigenvalue weighted by Crippen LogP contribution is -2.33. The molecule has 4 nitrogen and oxygen atoms in total. The van der Waals surface area contributed by atoms with Crippen LogP contribution >= 0.6 is 0 Å². The van der Waals surface area contributed by atoms with Crippen molar-refractivity contribution in [2.24, 2.45) is 0 Å². The molecule has 0 bridgehead atoms. The predicted molar refractivity (Wildman–Crippen MR) is 78.1 cm³/mol. The lowest BCUT2D eigenvalue weighted by molar-refractivity contribution is 0.270. The third-order valence-electron chi connectivity index (χ3n) is 2.82. The second kappa shape index (κ2) is 7.43. The SMILES string of the molecule is CCC(CCO)NS(=O)(=O)/C=C/c1ccc(C)cc1. The minimum atomic E-state index is -3.47. The first-order chi connectivity index (χ1) is 8.96. The molecular formula is C14H21NO3S. The second-order valence-corrected chi connectivity index (χ2v) is 6.09. The van der Waals surface area contributed by atoms with Gasteiger partial charge in [0.1, 0.15) is 0 Å². The first kappa shape index (κ1) is 15.9. The third-order valence-corrected chi connectivity index (χ3v) is 3.97. The summed E-state index contributed by atoms with van der Waals surface area (Å²) in [5.74, 6) is 0. The van der Waals surface area contributed by atoms with Gasteiger partial charge in [-0.3, -0.25) is 0 Å². The van der Waals surface area contributed by atoms with Gasteiger partial charge in [-0.2, -0.15) is 0 Å². The number of hydrogen-bond donors (Lipinski definition) is 2. The summed E-state index contributed by atoms with van der Waals surface area (Å²) in [6, 6.07) is 7.37. The van der Waals surface area contributed by atoms with Gasteiger partial charge in [-0.25, -0.2) is 13.1 Å². The van der Waals surface area contributed by atoms with Gasteiger partial charge in [0, 0.05) is 18.1 Å². The van der Waals surface area contributed by atoms with Gasteiger partial charge >= 0.3 is 0 Å². The van der Waals surface area contributed by atoms with Crippen LogP contribution in [0.4, 0.5) is 0 Å². The molecule has 0 aliphatic carbocycles. The van der Waals surface area contributed by atoms with Crippen molar-refractivity contribution < 1.29 is 13.5 Å². The first-order valence-electron chi connectivity index (χ1n) is 6.35. The summed E-state index contributed by atoms with van der Waals surface area (Å²) < 4.78 is 26.2. The summed E-state index contributed by atoms with van der Waals surface area (Å²) in [7, 11) is -3.47. The topological polar surface area (TPSA) is 66.4 Å². The van der Waals surface area contributed by atoms with Gasteiger partial charge in [0.15, 0.2) is 0 Å². The highest BCUT2D eigenvalue weighted by atomic mass is 32.2. The molecule has 5 heteroatoms. The van der Waals surface area contributed by atoms with Crippen molar-refractivity contribution in [1.82, 2.24) is 4.72 Å². The summed E-state index contributed by atoms with van der Waals surface area (Å²) in [5, 5.41) is 10.0. The molecule has 1 aromatic rings. The second-order valence-electron chi connectivity index (χ2n) is 4.49. The lowest BCUT2D eigenvalue weighted by atomic mass is 10.2. The maximum atomic E-state index is 11.8. The Morgan fingerprint density at radius 2 is 1.95 bits per heavy atom. The predicted octanol–water partition coefficient (Wildman–Crippen LogP) is 2.05. The number of nitrogens with one attached hydrogen (secondary N) is 1. The van der Waals surface area contributed by atoms with E-state index in [-0.39, 0.29) is 12.6 Å². The van der Waals surface area contributed by atoms with E-state index < -0.39 is 10.0 Å². The number of aliphatic hydroxyl groups is 1. The van der Waals surface area contributed by atoms with Crippen molar-refractivity contribution in [3.05, 3.63) is 40.8 Å². The average Bonchev–Trinajstić information content (AvgIpc) is 2.37. The number of rotatable bonds is 7. The average molecular weight is 283 g/mol. The Balaban J connectivity index is 2.70. The molecule has 0 aliphatic heterocycles. The Bertz CT molecular complexity index is 506. The normalized spacial score (nSPS) is 13.8. The quantitative estimate of drug-likeness (QED) is 0.805.